The van der Waals surface area contributed by atoms with Gasteiger partial charge in [0, 0.05) is 6.85 Å². The summed E-state index contributed by atoms with van der Waals surface area (Å²) < 4.78 is 37.0. The highest BCUT2D eigenvalue weighted by Gasteiger charge is 2.07. The summed E-state index contributed by atoms with van der Waals surface area (Å²) in [6.45, 7) is 1.46. The molecule has 1 saturated carbocycles. The van der Waals surface area contributed by atoms with E-state index in [0.29, 0.717) is 6.42 Å². The first-order valence-electron chi connectivity index (χ1n) is 4.71. The molecule has 0 heteroatoms. The Labute approximate surface area is 46.6 Å². The smallest absolute Gasteiger partial charge is 0.0300 e. The molecule has 1 unspecified atom stereocenters. The Kier molecular flexibility index (Phi) is 0.337. The lowest BCUT2D eigenvalue weighted by Crippen LogP contribution is -1.78. The maximum Gasteiger partial charge on any atom is 0.0300 e. The third kappa shape index (κ3) is 0.735. The van der Waals surface area contributed by atoms with E-state index in [4.69, 9.17) is 6.85 Å². The van der Waals surface area contributed by atoms with Gasteiger partial charge in [-0.1, -0.05) is 32.5 Å². The quantitative estimate of drug-likeness (QED) is 0.427. The van der Waals surface area contributed by atoms with E-state index in [0.717, 1.165) is 0 Å². The summed E-state index contributed by atoms with van der Waals surface area (Å²) in [5.74, 6) is -1.27. The predicted molar refractivity (Wildman–Crippen MR) is 27.6 cm³/mol. The van der Waals surface area contributed by atoms with Crippen LogP contribution in [0.1, 0.15) is 39.4 Å². The Morgan fingerprint density at radius 3 is 3.00 bits per heavy atom. The highest BCUT2D eigenvalue weighted by molar-refractivity contribution is 4.60. The van der Waals surface area contributed by atoms with E-state index in [-0.39, 0.29) is 6.42 Å². The molecule has 0 spiro atoms. The lowest BCUT2D eigenvalue weighted by Gasteiger charge is -1.91. The highest BCUT2D eigenvalue weighted by atomic mass is 14.1. The second-order valence-electron chi connectivity index (χ2n) is 1.58. The van der Waals surface area contributed by atoms with Gasteiger partial charge in [-0.05, 0) is 5.89 Å². The zero-order valence-electron chi connectivity index (χ0n) is 8.91. The first-order valence-corrected chi connectivity index (χ1v) is 2.21. The van der Waals surface area contributed by atoms with Crippen molar-refractivity contribution in [3.8, 4) is 0 Å². The Morgan fingerprint density at radius 2 is 2.83 bits per heavy atom. The first-order chi connectivity index (χ1) is 4.71. The molecule has 0 aromatic rings. The van der Waals surface area contributed by atoms with Crippen LogP contribution in [0.5, 0.6) is 0 Å². The van der Waals surface area contributed by atoms with Gasteiger partial charge in [-0.25, -0.2) is 0 Å². The summed E-state index contributed by atoms with van der Waals surface area (Å²) in [4.78, 5) is 0. The van der Waals surface area contributed by atoms with Crippen LogP contribution in [0.4, 0.5) is 0 Å². The molecule has 36 valence electrons. The Morgan fingerprint density at radius 1 is 2.00 bits per heavy atom. The van der Waals surface area contributed by atoms with Crippen molar-refractivity contribution < 1.29 is 6.85 Å². The molecule has 0 nitrogen and oxygen atoms in total. The van der Waals surface area contributed by atoms with Crippen molar-refractivity contribution in [3.63, 3.8) is 0 Å². The van der Waals surface area contributed by atoms with Gasteiger partial charge < -0.3 is 0 Å². The monoisotopic (exact) mass is 89.1 g/mol. The Hall–Kier alpha value is 0. The van der Waals surface area contributed by atoms with Crippen LogP contribution >= 0.6 is 0 Å². The maximum atomic E-state index is 7.53. The van der Waals surface area contributed by atoms with Crippen LogP contribution in [0.25, 0.3) is 0 Å². The van der Waals surface area contributed by atoms with Crippen LogP contribution < -0.4 is 0 Å². The molecule has 0 heterocycles. The van der Waals surface area contributed by atoms with Crippen molar-refractivity contribution in [2.75, 3.05) is 0 Å². The molecular weight excluding hydrogens is 72.1 g/mol. The van der Waals surface area contributed by atoms with E-state index in [1.54, 1.807) is 0 Å². The molecular formula is C6H12. The molecule has 1 rings (SSSR count). The summed E-state index contributed by atoms with van der Waals surface area (Å²) >= 11 is 0. The van der Waals surface area contributed by atoms with Crippen molar-refractivity contribution in [1.29, 1.82) is 0 Å². The van der Waals surface area contributed by atoms with Crippen molar-refractivity contribution in [1.82, 2.24) is 0 Å². The molecule has 0 aliphatic heterocycles. The first kappa shape index (κ1) is 1.24. The lowest BCUT2D eigenvalue weighted by molar-refractivity contribution is 0.612. The summed E-state index contributed by atoms with van der Waals surface area (Å²) in [7, 11) is 0. The molecule has 1 aliphatic carbocycles. The lowest BCUT2D eigenvalue weighted by atomic mass is 10.2. The van der Waals surface area contributed by atoms with Gasteiger partial charge in [-0.15, -0.1) is 0 Å². The Bertz CT molecular complexity index is 154. The molecule has 6 heavy (non-hydrogen) atoms. The van der Waals surface area contributed by atoms with Crippen molar-refractivity contribution >= 4 is 0 Å². The summed E-state index contributed by atoms with van der Waals surface area (Å²) in [5.41, 5.74) is 0. The number of hydrogen-bond donors (Lipinski definition) is 0. The van der Waals surface area contributed by atoms with Crippen LogP contribution in [0, 0.1) is 5.89 Å². The number of rotatable bonds is 0. The fraction of sp³-hybridized carbons (Fsp3) is 1.00. The van der Waals surface area contributed by atoms with Gasteiger partial charge >= 0.3 is 0 Å². The van der Waals surface area contributed by atoms with Gasteiger partial charge in [0.1, 0.15) is 0 Å². The normalized spacial score (nSPS) is 75.8. The molecule has 0 amide bonds. The predicted octanol–water partition coefficient (Wildman–Crippen LogP) is 2.20. The molecule has 0 aromatic carbocycles. The minimum absolute atomic E-state index is 0.153. The van der Waals surface area contributed by atoms with Crippen molar-refractivity contribution in [2.45, 2.75) is 32.5 Å². The van der Waals surface area contributed by atoms with Crippen molar-refractivity contribution in [3.05, 3.63) is 0 Å². The van der Waals surface area contributed by atoms with Crippen LogP contribution in [-0.4, -0.2) is 0 Å². The van der Waals surface area contributed by atoms with E-state index in [1.807, 2.05) is 0 Å². The third-order valence-corrected chi connectivity index (χ3v) is 0.927. The highest BCUT2D eigenvalue weighted by Crippen LogP contribution is 2.22. The average Bonchev–Trinajstić information content (AvgIpc) is 1.93. The minimum Gasteiger partial charge on any atom is -0.0625 e. The zero-order chi connectivity index (χ0) is 8.91. The SMILES string of the molecule is [2H]C1([2H])CCC([2H])(C)C1([2H])[2H]. The van der Waals surface area contributed by atoms with Gasteiger partial charge in [0.25, 0.3) is 0 Å². The van der Waals surface area contributed by atoms with Gasteiger partial charge in [0.2, 0.25) is 0 Å². The molecule has 1 atom stereocenters. The topological polar surface area (TPSA) is 0 Å². The standard InChI is InChI=1S/C6H12/c1-6-4-2-3-5-6/h6H,2-5H2,1H3/i2D2,4D2,6D. The minimum atomic E-state index is -2.01. The van der Waals surface area contributed by atoms with E-state index < -0.39 is 18.6 Å². The van der Waals surface area contributed by atoms with Crippen LogP contribution in [0.15, 0.2) is 0 Å². The summed E-state index contributed by atoms with van der Waals surface area (Å²) in [6.07, 6.45) is -3.39. The summed E-state index contributed by atoms with van der Waals surface area (Å²) in [6, 6.07) is 0. The molecule has 0 aromatic heterocycles. The maximum absolute atomic E-state index is 7.53. The van der Waals surface area contributed by atoms with E-state index in [2.05, 4.69) is 0 Å². The van der Waals surface area contributed by atoms with Crippen LogP contribution in [0.2, 0.25) is 0 Å². The second-order valence-corrected chi connectivity index (χ2v) is 1.58. The fourth-order valence-corrected chi connectivity index (χ4v) is 0.526. The molecule has 1 aliphatic rings. The molecule has 0 radical (unpaired) electrons. The summed E-state index contributed by atoms with van der Waals surface area (Å²) in [5, 5.41) is 0. The number of hydrogen-bond acceptors (Lipinski definition) is 0. The van der Waals surface area contributed by atoms with Gasteiger partial charge in [-0.3, -0.25) is 0 Å². The molecule has 0 bridgehead atoms. The average molecular weight is 89.2 g/mol. The molecule has 0 saturated heterocycles. The van der Waals surface area contributed by atoms with E-state index in [1.165, 1.54) is 6.92 Å². The third-order valence-electron chi connectivity index (χ3n) is 0.927. The van der Waals surface area contributed by atoms with Crippen LogP contribution in [0.3, 0.4) is 0 Å². The Balaban J connectivity index is 3.00. The van der Waals surface area contributed by atoms with Crippen molar-refractivity contribution in [2.24, 2.45) is 5.89 Å². The fourth-order valence-electron chi connectivity index (χ4n) is 0.526. The van der Waals surface area contributed by atoms with Gasteiger partial charge in [0.05, 0.1) is 0 Å². The largest absolute Gasteiger partial charge is 0.0625 e. The van der Waals surface area contributed by atoms with E-state index >= 15 is 0 Å². The van der Waals surface area contributed by atoms with Gasteiger partial charge in [-0.2, -0.15) is 0 Å². The van der Waals surface area contributed by atoms with Crippen LogP contribution in [-0.2, 0) is 0 Å². The van der Waals surface area contributed by atoms with E-state index in [9.17, 15) is 0 Å². The molecule has 0 N–H and O–H groups in total. The second kappa shape index (κ2) is 1.63. The molecule has 1 fully saturated rings. The van der Waals surface area contributed by atoms with Gasteiger partial charge in [0.15, 0.2) is 0 Å². The zero-order valence-corrected chi connectivity index (χ0v) is 3.91.